The van der Waals surface area contributed by atoms with E-state index in [4.69, 9.17) is 0 Å². The molecule has 1 aliphatic heterocycles. The molecule has 29 heavy (non-hydrogen) atoms. The zero-order valence-electron chi connectivity index (χ0n) is 15.8. The number of rotatable bonds is 6. The number of hydrogen-bond donors (Lipinski definition) is 2. The van der Waals surface area contributed by atoms with E-state index in [0.717, 1.165) is 40.9 Å². The van der Waals surface area contributed by atoms with Gasteiger partial charge in [-0.15, -0.1) is 11.3 Å². The average molecular weight is 404 g/mol. The lowest BCUT2D eigenvalue weighted by molar-refractivity contribution is 0.0940. The van der Waals surface area contributed by atoms with Crippen LogP contribution in [0.3, 0.4) is 0 Å². The van der Waals surface area contributed by atoms with Gasteiger partial charge in [-0.05, 0) is 66.2 Å². The van der Waals surface area contributed by atoms with Crippen LogP contribution in [0.4, 0.5) is 0 Å². The number of fused-ring (bicyclic) bond motifs is 1. The van der Waals surface area contributed by atoms with E-state index in [-0.39, 0.29) is 5.91 Å². The lowest BCUT2D eigenvalue weighted by Gasteiger charge is -2.27. The molecular weight excluding hydrogens is 382 g/mol. The van der Waals surface area contributed by atoms with Gasteiger partial charge in [0.25, 0.3) is 5.91 Å². The molecule has 1 amide bonds. The van der Waals surface area contributed by atoms with Crippen LogP contribution in [0, 0.1) is 0 Å². The Morgan fingerprint density at radius 3 is 2.86 bits per heavy atom. The Kier molecular flexibility index (Phi) is 4.83. The number of benzene rings is 1. The Balaban J connectivity index is 1.38. The third-order valence-electron chi connectivity index (χ3n) is 5.26. The highest BCUT2D eigenvalue weighted by Crippen LogP contribution is 2.26. The van der Waals surface area contributed by atoms with Crippen LogP contribution in [0.5, 0.6) is 0 Å². The summed E-state index contributed by atoms with van der Waals surface area (Å²) in [5.41, 5.74) is 4.71. The average Bonchev–Trinajstić information content (AvgIpc) is 3.39. The summed E-state index contributed by atoms with van der Waals surface area (Å²) in [6.45, 7) is 1.68. The van der Waals surface area contributed by atoms with Gasteiger partial charge in [0.1, 0.15) is 5.69 Å². The van der Waals surface area contributed by atoms with Gasteiger partial charge in [-0.1, -0.05) is 12.1 Å². The number of hydrogen-bond acceptors (Lipinski definition) is 5. The van der Waals surface area contributed by atoms with Crippen LogP contribution < -0.4 is 10.6 Å². The molecule has 6 nitrogen and oxygen atoms in total. The molecule has 1 aliphatic rings. The van der Waals surface area contributed by atoms with Crippen molar-refractivity contribution in [2.45, 2.75) is 18.9 Å². The Labute approximate surface area is 172 Å². The second kappa shape index (κ2) is 7.77. The molecule has 0 bridgehead atoms. The third kappa shape index (κ3) is 3.79. The van der Waals surface area contributed by atoms with Gasteiger partial charge >= 0.3 is 0 Å². The van der Waals surface area contributed by atoms with Crippen molar-refractivity contribution in [1.29, 1.82) is 0 Å². The first-order chi connectivity index (χ1) is 14.3. The van der Waals surface area contributed by atoms with E-state index >= 15 is 0 Å². The summed E-state index contributed by atoms with van der Waals surface area (Å²) in [4.78, 5) is 17.2. The molecule has 0 saturated carbocycles. The first-order valence-corrected chi connectivity index (χ1v) is 10.6. The molecule has 4 heterocycles. The van der Waals surface area contributed by atoms with Gasteiger partial charge < -0.3 is 10.6 Å². The summed E-state index contributed by atoms with van der Waals surface area (Å²) in [5.74, 6) is -0.109. The number of amides is 1. The zero-order chi connectivity index (χ0) is 19.6. The predicted molar refractivity (Wildman–Crippen MR) is 115 cm³/mol. The molecule has 3 aromatic heterocycles. The number of thiophene rings is 1. The summed E-state index contributed by atoms with van der Waals surface area (Å²) >= 11 is 1.67. The minimum absolute atomic E-state index is 0.109. The molecular formula is C22H21N5OS. The molecule has 146 valence electrons. The van der Waals surface area contributed by atoms with Crippen molar-refractivity contribution in [1.82, 2.24) is 25.4 Å². The molecule has 0 aliphatic carbocycles. The standard InChI is InChI=1S/C22H21N5OS/c28-22(24-14-17-6-9-23-17)20-13-16(21-19(26-20)7-11-29-21)12-15-2-4-18(5-3-15)27-10-1-8-25-27/h1-5,7-8,10-11,13,17,23H,6,9,12,14H2,(H,24,28). The van der Waals surface area contributed by atoms with E-state index < -0.39 is 0 Å². The highest BCUT2D eigenvalue weighted by Gasteiger charge is 2.19. The third-order valence-corrected chi connectivity index (χ3v) is 6.23. The number of aromatic nitrogens is 3. The van der Waals surface area contributed by atoms with Crippen LogP contribution in [0.25, 0.3) is 15.9 Å². The molecule has 1 fully saturated rings. The normalized spacial score (nSPS) is 15.9. The van der Waals surface area contributed by atoms with E-state index in [1.807, 2.05) is 34.5 Å². The van der Waals surface area contributed by atoms with Gasteiger partial charge in [0.2, 0.25) is 0 Å². The monoisotopic (exact) mass is 403 g/mol. The number of carbonyl (C=O) groups is 1. The molecule has 0 spiro atoms. The molecule has 5 rings (SSSR count). The topological polar surface area (TPSA) is 71.8 Å². The van der Waals surface area contributed by atoms with Crippen LogP contribution in [-0.2, 0) is 6.42 Å². The molecule has 0 radical (unpaired) electrons. The summed E-state index contributed by atoms with van der Waals surface area (Å²) in [6.07, 6.45) is 5.56. The first-order valence-electron chi connectivity index (χ1n) is 9.74. The lowest BCUT2D eigenvalue weighted by Crippen LogP contribution is -2.50. The van der Waals surface area contributed by atoms with Crippen LogP contribution in [-0.4, -0.2) is 39.8 Å². The molecule has 1 atom stereocenters. The number of nitrogens with zero attached hydrogens (tertiary/aromatic N) is 3. The van der Waals surface area contributed by atoms with Crippen LogP contribution in [0.2, 0.25) is 0 Å². The fraction of sp³-hybridized carbons (Fsp3) is 0.227. The zero-order valence-corrected chi connectivity index (χ0v) is 16.7. The van der Waals surface area contributed by atoms with E-state index in [0.29, 0.717) is 18.3 Å². The molecule has 2 N–H and O–H groups in total. The molecule has 7 heteroatoms. The van der Waals surface area contributed by atoms with Crippen LogP contribution in [0.15, 0.2) is 60.2 Å². The van der Waals surface area contributed by atoms with Gasteiger partial charge in [0.05, 0.1) is 15.9 Å². The van der Waals surface area contributed by atoms with Crippen molar-refractivity contribution in [2.24, 2.45) is 0 Å². The predicted octanol–water partition coefficient (Wildman–Crippen LogP) is 3.16. The van der Waals surface area contributed by atoms with Crippen molar-refractivity contribution in [3.63, 3.8) is 0 Å². The van der Waals surface area contributed by atoms with Crippen molar-refractivity contribution >= 4 is 27.5 Å². The second-order valence-corrected chi connectivity index (χ2v) is 8.16. The van der Waals surface area contributed by atoms with E-state index in [9.17, 15) is 4.79 Å². The first kappa shape index (κ1) is 18.0. The molecule has 1 aromatic carbocycles. The smallest absolute Gasteiger partial charge is 0.269 e. The highest BCUT2D eigenvalue weighted by molar-refractivity contribution is 7.17. The number of nitrogens with one attached hydrogen (secondary N) is 2. The second-order valence-electron chi connectivity index (χ2n) is 7.25. The van der Waals surface area contributed by atoms with E-state index in [2.05, 4.69) is 45.0 Å². The van der Waals surface area contributed by atoms with Gasteiger partial charge in [0, 0.05) is 25.0 Å². The summed E-state index contributed by atoms with van der Waals surface area (Å²) in [5, 5.41) is 12.6. The summed E-state index contributed by atoms with van der Waals surface area (Å²) in [6, 6.07) is 14.6. The van der Waals surface area contributed by atoms with E-state index in [1.54, 1.807) is 17.5 Å². The number of carbonyl (C=O) groups excluding carboxylic acids is 1. The number of pyridine rings is 1. The van der Waals surface area contributed by atoms with Crippen molar-refractivity contribution < 1.29 is 4.79 Å². The summed E-state index contributed by atoms with van der Waals surface area (Å²) < 4.78 is 2.98. The molecule has 1 saturated heterocycles. The Bertz CT molecular complexity index is 1130. The van der Waals surface area contributed by atoms with Crippen molar-refractivity contribution in [2.75, 3.05) is 13.1 Å². The lowest BCUT2D eigenvalue weighted by atomic mass is 10.0. The maximum atomic E-state index is 12.6. The van der Waals surface area contributed by atoms with Gasteiger partial charge in [-0.25, -0.2) is 9.67 Å². The summed E-state index contributed by atoms with van der Waals surface area (Å²) in [7, 11) is 0. The maximum Gasteiger partial charge on any atom is 0.269 e. The van der Waals surface area contributed by atoms with Crippen molar-refractivity contribution in [3.8, 4) is 5.69 Å². The fourth-order valence-electron chi connectivity index (χ4n) is 3.51. The van der Waals surface area contributed by atoms with Gasteiger partial charge in [-0.3, -0.25) is 4.79 Å². The maximum absolute atomic E-state index is 12.6. The van der Waals surface area contributed by atoms with Crippen molar-refractivity contribution in [3.05, 3.63) is 77.1 Å². The van der Waals surface area contributed by atoms with Crippen LogP contribution in [0.1, 0.15) is 28.0 Å². The Hall–Kier alpha value is -3.03. The quantitative estimate of drug-likeness (QED) is 0.519. The molecule has 4 aromatic rings. The fourth-order valence-corrected chi connectivity index (χ4v) is 4.36. The minimum atomic E-state index is -0.109. The Morgan fingerprint density at radius 2 is 2.14 bits per heavy atom. The molecule has 1 unspecified atom stereocenters. The minimum Gasteiger partial charge on any atom is -0.349 e. The SMILES string of the molecule is O=C(NCC1CCN1)c1cc(Cc2ccc(-n3cccn3)cc2)c2sccc2n1. The highest BCUT2D eigenvalue weighted by atomic mass is 32.1. The van der Waals surface area contributed by atoms with Crippen LogP contribution >= 0.6 is 11.3 Å². The Morgan fingerprint density at radius 1 is 1.28 bits per heavy atom. The van der Waals surface area contributed by atoms with Gasteiger partial charge in [0.15, 0.2) is 0 Å². The largest absolute Gasteiger partial charge is 0.349 e. The van der Waals surface area contributed by atoms with Gasteiger partial charge in [-0.2, -0.15) is 5.10 Å². The van der Waals surface area contributed by atoms with E-state index in [1.165, 1.54) is 5.56 Å².